The molecular weight excluding hydrogens is 638 g/mol. The molecule has 2 aromatic heterocycles. The number of benzene rings is 1. The van der Waals surface area contributed by atoms with E-state index in [0.717, 1.165) is 42.8 Å². The number of β-amino-alcohol motifs (C(OH)–C–C–N with tert-alkyl or cyclic N) is 1. The van der Waals surface area contributed by atoms with E-state index in [1.54, 1.807) is 11.1 Å². The predicted octanol–water partition coefficient (Wildman–Crippen LogP) is 4.49. The second-order valence-corrected chi connectivity index (χ2v) is 15.7. The Morgan fingerprint density at radius 3 is 2.34 bits per heavy atom. The summed E-state index contributed by atoms with van der Waals surface area (Å²) in [5.74, 6) is -0.243. The molecule has 3 amide bonds. The van der Waals surface area contributed by atoms with Crippen molar-refractivity contribution >= 4 is 23.7 Å². The van der Waals surface area contributed by atoms with Crippen LogP contribution in [0.2, 0.25) is 0 Å². The zero-order valence-corrected chi connectivity index (χ0v) is 30.3. The first kappa shape index (κ1) is 35.4. The van der Waals surface area contributed by atoms with E-state index in [9.17, 15) is 19.5 Å². The maximum atomic E-state index is 14.1. The number of hydrogen-bond acceptors (Lipinski definition) is 9. The minimum absolute atomic E-state index is 0.0733. The summed E-state index contributed by atoms with van der Waals surface area (Å²) in [5, 5.41) is 22.3. The molecular formula is C37H51N7O6. The van der Waals surface area contributed by atoms with Crippen LogP contribution in [0.3, 0.4) is 0 Å². The maximum Gasteiger partial charge on any atom is 0.410 e. The van der Waals surface area contributed by atoms with Crippen LogP contribution in [-0.2, 0) is 21.4 Å². The third-order valence-electron chi connectivity index (χ3n) is 10.4. The van der Waals surface area contributed by atoms with Crippen LogP contribution in [0.15, 0.2) is 47.1 Å². The van der Waals surface area contributed by atoms with Gasteiger partial charge in [-0.2, -0.15) is 5.10 Å². The molecule has 3 aliphatic rings. The fourth-order valence-corrected chi connectivity index (χ4v) is 7.52. The Hall–Kier alpha value is -4.39. The molecule has 3 saturated heterocycles. The topological polar surface area (TPSA) is 146 Å². The highest BCUT2D eigenvalue weighted by Gasteiger charge is 2.48. The smallest absolute Gasteiger partial charge is 0.410 e. The molecule has 0 aliphatic carbocycles. The maximum absolute atomic E-state index is 14.1. The number of likely N-dealkylation sites (tertiary alicyclic amines) is 2. The quantitative estimate of drug-likeness (QED) is 0.349. The highest BCUT2D eigenvalue weighted by molar-refractivity contribution is 5.91. The molecule has 0 unspecified atom stereocenters. The molecule has 0 bridgehead atoms. The van der Waals surface area contributed by atoms with Gasteiger partial charge in [-0.05, 0) is 63.6 Å². The van der Waals surface area contributed by atoms with Gasteiger partial charge in [-0.3, -0.25) is 14.3 Å². The largest absolute Gasteiger partial charge is 0.444 e. The number of nitrogens with zero attached hydrogens (tertiary/aromatic N) is 6. The number of anilines is 1. The summed E-state index contributed by atoms with van der Waals surface area (Å²) >= 11 is 0. The van der Waals surface area contributed by atoms with Gasteiger partial charge in [-0.15, -0.1) is 0 Å². The molecule has 6 rings (SSSR count). The fraction of sp³-hybridized carbons (Fsp3) is 0.595. The van der Waals surface area contributed by atoms with Crippen molar-refractivity contribution in [1.29, 1.82) is 0 Å². The van der Waals surface area contributed by atoms with Crippen LogP contribution < -0.4 is 10.2 Å². The number of carbonyl (C=O) groups excluding carboxylic acids is 3. The third kappa shape index (κ3) is 7.38. The number of carbonyl (C=O) groups is 3. The van der Waals surface area contributed by atoms with E-state index in [-0.39, 0.29) is 48.2 Å². The van der Waals surface area contributed by atoms with Crippen LogP contribution in [-0.4, -0.2) is 98.2 Å². The summed E-state index contributed by atoms with van der Waals surface area (Å²) in [6, 6.07) is 10.6. The summed E-state index contributed by atoms with van der Waals surface area (Å²) in [7, 11) is 1.89. The van der Waals surface area contributed by atoms with Gasteiger partial charge in [0, 0.05) is 63.9 Å². The van der Waals surface area contributed by atoms with Crippen LogP contribution in [0.5, 0.6) is 0 Å². The van der Waals surface area contributed by atoms with Crippen molar-refractivity contribution in [3.63, 3.8) is 0 Å². The molecule has 13 nitrogen and oxygen atoms in total. The van der Waals surface area contributed by atoms with Gasteiger partial charge in [0.1, 0.15) is 17.6 Å². The molecule has 0 saturated carbocycles. The van der Waals surface area contributed by atoms with Crippen LogP contribution >= 0.6 is 0 Å². The monoisotopic (exact) mass is 689 g/mol. The standard InChI is InChI=1S/C37H51N7O6/c1-23(2)32(30-19-31(40-50-30)43-21-37(22-43)13-16-42(17-14-37)35(48)49-36(4,5)6)34(47)44-20-27(45)18-29(44)33(46)39-24(3)25-8-10-26(11-9-25)28-12-15-38-41(28)7/h8-12,15,19,23-24,27,29,32,45H,13-14,16-18,20-22H2,1-7H3,(H,39,46)/t24-,27+,29-,32+/m0/s1. The number of aliphatic hydroxyl groups excluding tert-OH is 1. The Kier molecular flexibility index (Phi) is 9.73. The second-order valence-electron chi connectivity index (χ2n) is 15.7. The summed E-state index contributed by atoms with van der Waals surface area (Å²) in [5.41, 5.74) is 2.53. The van der Waals surface area contributed by atoms with Gasteiger partial charge in [0.2, 0.25) is 11.8 Å². The number of aryl methyl sites for hydroxylation is 1. The number of rotatable bonds is 8. The lowest BCUT2D eigenvalue weighted by Gasteiger charge is -2.53. The molecule has 3 fully saturated rings. The van der Waals surface area contributed by atoms with E-state index in [2.05, 4.69) is 20.5 Å². The minimum atomic E-state index is -0.806. The highest BCUT2D eigenvalue weighted by Crippen LogP contribution is 2.43. The normalized spacial score (nSPS) is 21.7. The van der Waals surface area contributed by atoms with Gasteiger partial charge in [0.25, 0.3) is 0 Å². The first-order valence-corrected chi connectivity index (χ1v) is 17.7. The zero-order valence-electron chi connectivity index (χ0n) is 30.3. The Labute approximate surface area is 293 Å². The molecule has 4 atom stereocenters. The number of amides is 3. The lowest BCUT2D eigenvalue weighted by Crippen LogP contribution is -2.61. The molecule has 5 heterocycles. The van der Waals surface area contributed by atoms with Gasteiger partial charge < -0.3 is 34.4 Å². The molecule has 13 heteroatoms. The van der Waals surface area contributed by atoms with E-state index in [1.807, 2.05) is 89.7 Å². The van der Waals surface area contributed by atoms with Crippen molar-refractivity contribution in [3.8, 4) is 11.3 Å². The Balaban J connectivity index is 1.07. The molecule has 1 spiro atoms. The summed E-state index contributed by atoms with van der Waals surface area (Å²) in [4.78, 5) is 45.7. The van der Waals surface area contributed by atoms with Crippen molar-refractivity contribution in [2.45, 2.75) is 90.5 Å². The van der Waals surface area contributed by atoms with Gasteiger partial charge in [-0.1, -0.05) is 43.3 Å². The van der Waals surface area contributed by atoms with Crippen molar-refractivity contribution in [2.75, 3.05) is 37.6 Å². The van der Waals surface area contributed by atoms with Crippen LogP contribution in [0.4, 0.5) is 10.6 Å². The predicted molar refractivity (Wildman–Crippen MR) is 187 cm³/mol. The van der Waals surface area contributed by atoms with E-state index < -0.39 is 23.7 Å². The van der Waals surface area contributed by atoms with Gasteiger partial charge >= 0.3 is 6.09 Å². The first-order valence-electron chi connectivity index (χ1n) is 17.7. The van der Waals surface area contributed by atoms with Crippen molar-refractivity contribution in [2.24, 2.45) is 18.4 Å². The SMILES string of the molecule is CC(C)[C@@H](C(=O)N1C[C@H](O)C[C@H]1C(=O)N[C@@H](C)c1ccc(-c2ccnn2C)cc1)c1cc(N2CC3(CCN(C(=O)OC(C)(C)C)CC3)C2)no1. The number of aromatic nitrogens is 3. The fourth-order valence-electron chi connectivity index (χ4n) is 7.52. The van der Waals surface area contributed by atoms with Crippen molar-refractivity contribution in [3.05, 3.63) is 53.9 Å². The molecule has 50 heavy (non-hydrogen) atoms. The van der Waals surface area contributed by atoms with Crippen LogP contribution in [0, 0.1) is 11.3 Å². The molecule has 3 aliphatic heterocycles. The Morgan fingerprint density at radius 1 is 1.06 bits per heavy atom. The number of ether oxygens (including phenoxy) is 1. The first-order chi connectivity index (χ1) is 23.6. The van der Waals surface area contributed by atoms with E-state index in [4.69, 9.17) is 9.26 Å². The number of piperidine rings is 1. The van der Waals surface area contributed by atoms with E-state index in [0.29, 0.717) is 24.7 Å². The lowest BCUT2D eigenvalue weighted by molar-refractivity contribution is -0.141. The van der Waals surface area contributed by atoms with Crippen LogP contribution in [0.1, 0.15) is 84.1 Å². The molecule has 3 aromatic rings. The summed E-state index contributed by atoms with van der Waals surface area (Å²) in [6.07, 6.45) is 2.62. The minimum Gasteiger partial charge on any atom is -0.444 e. The van der Waals surface area contributed by atoms with E-state index >= 15 is 0 Å². The third-order valence-corrected chi connectivity index (χ3v) is 10.4. The number of hydrogen-bond donors (Lipinski definition) is 2. The second kappa shape index (κ2) is 13.7. The van der Waals surface area contributed by atoms with Crippen molar-refractivity contribution < 1.29 is 28.8 Å². The molecule has 2 N–H and O–H groups in total. The van der Waals surface area contributed by atoms with Crippen molar-refractivity contribution in [1.82, 2.24) is 30.1 Å². The zero-order chi connectivity index (χ0) is 36.0. The molecule has 270 valence electrons. The van der Waals surface area contributed by atoms with Crippen LogP contribution in [0.25, 0.3) is 11.3 Å². The van der Waals surface area contributed by atoms with Gasteiger partial charge in [0.15, 0.2) is 11.6 Å². The Bertz CT molecular complexity index is 1680. The highest BCUT2D eigenvalue weighted by atomic mass is 16.6. The number of aliphatic hydroxyl groups is 1. The average molecular weight is 690 g/mol. The van der Waals surface area contributed by atoms with Gasteiger partial charge in [-0.25, -0.2) is 4.79 Å². The average Bonchev–Trinajstić information content (AvgIpc) is 3.79. The Morgan fingerprint density at radius 2 is 1.74 bits per heavy atom. The summed E-state index contributed by atoms with van der Waals surface area (Å²) in [6.45, 7) is 14.4. The molecule has 0 radical (unpaired) electrons. The molecule has 1 aromatic carbocycles. The van der Waals surface area contributed by atoms with E-state index in [1.165, 1.54) is 4.90 Å². The van der Waals surface area contributed by atoms with Gasteiger partial charge in [0.05, 0.1) is 17.8 Å². The summed E-state index contributed by atoms with van der Waals surface area (Å²) < 4.78 is 13.2. The number of nitrogens with one attached hydrogen (secondary N) is 1. The lowest BCUT2D eigenvalue weighted by atomic mass is 9.72.